The molecule has 0 saturated carbocycles. The first-order valence-electron chi connectivity index (χ1n) is 6.45. The van der Waals surface area contributed by atoms with Gasteiger partial charge in [0, 0.05) is 0 Å². The molecule has 2 aromatic rings. The molecule has 1 aliphatic rings. The largest absolute Gasteiger partial charge is 0.489 e. The molecular formula is C14H12F2N2O3S. The minimum absolute atomic E-state index is 0.0441. The van der Waals surface area contributed by atoms with E-state index >= 15 is 0 Å². The van der Waals surface area contributed by atoms with Gasteiger partial charge in [-0.3, -0.25) is 4.72 Å². The van der Waals surface area contributed by atoms with Gasteiger partial charge in [0.2, 0.25) is 0 Å². The maximum atomic E-state index is 13.6. The van der Waals surface area contributed by atoms with Crippen LogP contribution in [0.1, 0.15) is 0 Å². The highest BCUT2D eigenvalue weighted by molar-refractivity contribution is 7.94. The lowest BCUT2D eigenvalue weighted by Gasteiger charge is -2.30. The van der Waals surface area contributed by atoms with Crippen molar-refractivity contribution < 1.29 is 21.9 Å². The maximum Gasteiger partial charge on any atom is 0.324 e. The van der Waals surface area contributed by atoms with E-state index in [1.54, 1.807) is 24.3 Å². The average molecular weight is 326 g/mol. The summed E-state index contributed by atoms with van der Waals surface area (Å²) in [5.74, 6) is -1.57. The fraction of sp³-hybridized carbons (Fsp3) is 0.143. The van der Waals surface area contributed by atoms with Gasteiger partial charge in [-0.2, -0.15) is 8.42 Å². The van der Waals surface area contributed by atoms with E-state index in [9.17, 15) is 17.2 Å². The molecule has 116 valence electrons. The van der Waals surface area contributed by atoms with Crippen LogP contribution in [0.15, 0.2) is 42.5 Å². The highest BCUT2D eigenvalue weighted by Gasteiger charge is 2.29. The summed E-state index contributed by atoms with van der Waals surface area (Å²) in [6.07, 6.45) is 0. The van der Waals surface area contributed by atoms with Crippen LogP contribution in [0.3, 0.4) is 0 Å². The second-order valence-electron chi connectivity index (χ2n) is 4.59. The fourth-order valence-corrected chi connectivity index (χ4v) is 3.46. The summed E-state index contributed by atoms with van der Waals surface area (Å²) in [6, 6.07) is 9.67. The fourth-order valence-electron chi connectivity index (χ4n) is 2.17. The molecule has 0 saturated heterocycles. The van der Waals surface area contributed by atoms with Gasteiger partial charge >= 0.3 is 10.2 Å². The monoisotopic (exact) mass is 326 g/mol. The zero-order valence-corrected chi connectivity index (χ0v) is 12.1. The molecule has 2 aromatic carbocycles. The van der Waals surface area contributed by atoms with Crippen LogP contribution in [-0.4, -0.2) is 21.6 Å². The number of para-hydroxylation sites is 3. The zero-order valence-electron chi connectivity index (χ0n) is 11.3. The van der Waals surface area contributed by atoms with Gasteiger partial charge in [-0.1, -0.05) is 18.2 Å². The van der Waals surface area contributed by atoms with Crippen LogP contribution in [0.4, 0.5) is 20.2 Å². The molecule has 0 aliphatic carbocycles. The number of nitrogens with zero attached hydrogens (tertiary/aromatic N) is 1. The van der Waals surface area contributed by atoms with Gasteiger partial charge in [-0.05, 0) is 24.3 Å². The molecular weight excluding hydrogens is 314 g/mol. The third-order valence-electron chi connectivity index (χ3n) is 3.17. The summed E-state index contributed by atoms with van der Waals surface area (Å²) >= 11 is 0. The third-order valence-corrected chi connectivity index (χ3v) is 4.59. The van der Waals surface area contributed by atoms with E-state index in [1.807, 2.05) is 4.72 Å². The van der Waals surface area contributed by atoms with Gasteiger partial charge in [-0.25, -0.2) is 13.1 Å². The number of hydrogen-bond acceptors (Lipinski definition) is 3. The van der Waals surface area contributed by atoms with Crippen molar-refractivity contribution in [3.8, 4) is 5.75 Å². The summed E-state index contributed by atoms with van der Waals surface area (Å²) in [5, 5.41) is 0. The predicted molar refractivity (Wildman–Crippen MR) is 78.2 cm³/mol. The van der Waals surface area contributed by atoms with Crippen LogP contribution in [-0.2, 0) is 10.2 Å². The predicted octanol–water partition coefficient (Wildman–Crippen LogP) is 2.52. The molecule has 0 radical (unpaired) electrons. The van der Waals surface area contributed by atoms with Crippen LogP contribution in [0.5, 0.6) is 5.75 Å². The first-order valence-corrected chi connectivity index (χ1v) is 7.89. The van der Waals surface area contributed by atoms with Crippen molar-refractivity contribution >= 4 is 21.6 Å². The molecule has 0 unspecified atom stereocenters. The summed E-state index contributed by atoms with van der Waals surface area (Å²) in [7, 11) is -4.17. The first kappa shape index (κ1) is 14.6. The van der Waals surface area contributed by atoms with Gasteiger partial charge in [0.1, 0.15) is 29.7 Å². The van der Waals surface area contributed by atoms with Crippen molar-refractivity contribution in [2.75, 3.05) is 22.2 Å². The molecule has 0 fully saturated rings. The van der Waals surface area contributed by atoms with Crippen molar-refractivity contribution in [2.45, 2.75) is 0 Å². The summed E-state index contributed by atoms with van der Waals surface area (Å²) in [5.41, 5.74) is -0.385. The Kier molecular flexibility index (Phi) is 3.61. The van der Waals surface area contributed by atoms with Gasteiger partial charge in [0.15, 0.2) is 0 Å². The Morgan fingerprint density at radius 1 is 1.05 bits per heavy atom. The van der Waals surface area contributed by atoms with Crippen LogP contribution < -0.4 is 13.8 Å². The number of anilines is 2. The summed E-state index contributed by atoms with van der Waals surface area (Å²) in [6.45, 7) is 0.195. The molecule has 0 spiro atoms. The van der Waals surface area contributed by atoms with E-state index in [-0.39, 0.29) is 13.2 Å². The zero-order chi connectivity index (χ0) is 15.7. The summed E-state index contributed by atoms with van der Waals surface area (Å²) in [4.78, 5) is 0. The number of rotatable bonds is 3. The molecule has 1 aliphatic heterocycles. The van der Waals surface area contributed by atoms with Gasteiger partial charge in [0.25, 0.3) is 0 Å². The number of benzene rings is 2. The smallest absolute Gasteiger partial charge is 0.324 e. The second kappa shape index (κ2) is 5.45. The van der Waals surface area contributed by atoms with E-state index in [2.05, 4.69) is 0 Å². The lowest BCUT2D eigenvalue weighted by atomic mass is 10.2. The number of fused-ring (bicyclic) bond motifs is 1. The van der Waals surface area contributed by atoms with E-state index in [4.69, 9.17) is 4.74 Å². The van der Waals surface area contributed by atoms with E-state index < -0.39 is 27.5 Å². The standard InChI is InChI=1S/C14H12F2N2O3S/c15-10-4-3-5-11(16)14(10)17-22(19,20)18-8-9-21-13-7-2-1-6-12(13)18/h1-7,17H,8-9H2. The molecule has 0 aromatic heterocycles. The molecule has 0 amide bonds. The number of ether oxygens (including phenoxy) is 1. The average Bonchev–Trinajstić information content (AvgIpc) is 2.50. The van der Waals surface area contributed by atoms with Crippen molar-refractivity contribution in [1.82, 2.24) is 0 Å². The summed E-state index contributed by atoms with van der Waals surface area (Å²) < 4.78 is 60.5. The number of hydrogen-bond donors (Lipinski definition) is 1. The maximum absolute atomic E-state index is 13.6. The Hall–Kier alpha value is -2.35. The van der Waals surface area contributed by atoms with Crippen LogP contribution in [0.2, 0.25) is 0 Å². The van der Waals surface area contributed by atoms with Crippen molar-refractivity contribution in [3.63, 3.8) is 0 Å². The van der Waals surface area contributed by atoms with Gasteiger partial charge < -0.3 is 4.74 Å². The topological polar surface area (TPSA) is 58.6 Å². The molecule has 22 heavy (non-hydrogen) atoms. The second-order valence-corrected chi connectivity index (χ2v) is 6.19. The van der Waals surface area contributed by atoms with Gasteiger partial charge in [0.05, 0.1) is 12.2 Å². The SMILES string of the molecule is O=S(=O)(Nc1c(F)cccc1F)N1CCOc2ccccc21. The lowest BCUT2D eigenvalue weighted by molar-refractivity contribution is 0.316. The Balaban J connectivity index is 1.98. The first-order chi connectivity index (χ1) is 10.5. The minimum Gasteiger partial charge on any atom is -0.489 e. The molecule has 0 bridgehead atoms. The molecule has 1 heterocycles. The third kappa shape index (κ3) is 2.57. The van der Waals surface area contributed by atoms with Crippen LogP contribution >= 0.6 is 0 Å². The molecule has 5 nitrogen and oxygen atoms in total. The van der Waals surface area contributed by atoms with Crippen molar-refractivity contribution in [1.29, 1.82) is 0 Å². The van der Waals surface area contributed by atoms with Crippen molar-refractivity contribution in [2.24, 2.45) is 0 Å². The van der Waals surface area contributed by atoms with Gasteiger partial charge in [-0.15, -0.1) is 0 Å². The Labute approximate surface area is 126 Å². The van der Waals surface area contributed by atoms with E-state index in [1.165, 1.54) is 0 Å². The Bertz CT molecular complexity index is 791. The highest BCUT2D eigenvalue weighted by Crippen LogP contribution is 2.33. The van der Waals surface area contributed by atoms with Crippen molar-refractivity contribution in [3.05, 3.63) is 54.1 Å². The molecule has 3 rings (SSSR count). The minimum atomic E-state index is -4.17. The van der Waals surface area contributed by atoms with E-state index in [0.717, 1.165) is 22.5 Å². The lowest BCUT2D eigenvalue weighted by Crippen LogP contribution is -2.41. The number of halogens is 2. The number of nitrogens with one attached hydrogen (secondary N) is 1. The quantitative estimate of drug-likeness (QED) is 0.943. The molecule has 1 N–H and O–H groups in total. The Morgan fingerprint density at radius 2 is 1.73 bits per heavy atom. The molecule has 8 heteroatoms. The van der Waals surface area contributed by atoms with E-state index in [0.29, 0.717) is 11.4 Å². The Morgan fingerprint density at radius 3 is 2.45 bits per heavy atom. The highest BCUT2D eigenvalue weighted by atomic mass is 32.2. The molecule has 0 atom stereocenters. The van der Waals surface area contributed by atoms with Crippen LogP contribution in [0, 0.1) is 11.6 Å². The van der Waals surface area contributed by atoms with Crippen LogP contribution in [0.25, 0.3) is 0 Å². The normalized spacial score (nSPS) is 14.2.